The number of carbonyl (C=O) groups is 1. The Hall–Kier alpha value is -3.92. The van der Waals surface area contributed by atoms with Gasteiger partial charge in [0, 0.05) is 37.0 Å². The van der Waals surface area contributed by atoms with Gasteiger partial charge in [-0.05, 0) is 42.8 Å². The maximum Gasteiger partial charge on any atom is 0.318 e. The molecule has 0 unspecified atom stereocenters. The molecule has 3 aromatic rings. The van der Waals surface area contributed by atoms with Gasteiger partial charge >= 0.3 is 6.01 Å². The summed E-state index contributed by atoms with van der Waals surface area (Å²) in [6.07, 6.45) is 3.47. The lowest BCUT2D eigenvalue weighted by molar-refractivity contribution is -0.106. The summed E-state index contributed by atoms with van der Waals surface area (Å²) in [5.74, 6) is 0.681. The van der Waals surface area contributed by atoms with Crippen LogP contribution in [-0.2, 0) is 16.0 Å². The van der Waals surface area contributed by atoms with E-state index in [4.69, 9.17) is 9.47 Å². The van der Waals surface area contributed by atoms with E-state index in [0.29, 0.717) is 70.8 Å². The SMILES string of the molecule is CCc1c(F)ccc2cc(O)cc(N(C=O)/C=C3/OC[C@@H](CC)CNCCNc4nc(OC)nc(C)c43)c12. The minimum absolute atomic E-state index is 0.0433. The van der Waals surface area contributed by atoms with Crippen LogP contribution in [0, 0.1) is 18.7 Å². The van der Waals surface area contributed by atoms with Crippen LogP contribution >= 0.6 is 0 Å². The summed E-state index contributed by atoms with van der Waals surface area (Å²) in [7, 11) is 1.50. The number of methoxy groups -OCH3 is 1. The predicted octanol–water partition coefficient (Wildman–Crippen LogP) is 4.37. The highest BCUT2D eigenvalue weighted by atomic mass is 19.1. The topological polar surface area (TPSA) is 109 Å². The van der Waals surface area contributed by atoms with Crippen LogP contribution < -0.4 is 20.3 Å². The van der Waals surface area contributed by atoms with E-state index in [-0.39, 0.29) is 23.5 Å². The highest BCUT2D eigenvalue weighted by Gasteiger charge is 2.23. The summed E-state index contributed by atoms with van der Waals surface area (Å²) in [5, 5.41) is 18.4. The number of fused-ring (bicyclic) bond motifs is 2. The smallest absolute Gasteiger partial charge is 0.318 e. The van der Waals surface area contributed by atoms with E-state index in [9.17, 15) is 14.3 Å². The summed E-state index contributed by atoms with van der Waals surface area (Å²) in [6, 6.07) is 6.18. The van der Waals surface area contributed by atoms with Gasteiger partial charge in [-0.2, -0.15) is 9.97 Å². The fourth-order valence-corrected chi connectivity index (χ4v) is 4.65. The first-order chi connectivity index (χ1) is 18.4. The van der Waals surface area contributed by atoms with Crippen LogP contribution in [0.3, 0.4) is 0 Å². The Labute approximate surface area is 221 Å². The average molecular weight is 524 g/mol. The van der Waals surface area contributed by atoms with Gasteiger partial charge in [0.05, 0.1) is 36.9 Å². The Morgan fingerprint density at radius 3 is 2.79 bits per heavy atom. The summed E-state index contributed by atoms with van der Waals surface area (Å²) in [5.41, 5.74) is 1.97. The normalized spacial score (nSPS) is 17.2. The second-order valence-corrected chi connectivity index (χ2v) is 9.18. The summed E-state index contributed by atoms with van der Waals surface area (Å²) >= 11 is 0. The minimum atomic E-state index is -0.374. The molecule has 1 aliphatic heterocycles. The van der Waals surface area contributed by atoms with Crippen LogP contribution in [0.4, 0.5) is 15.9 Å². The zero-order chi connectivity index (χ0) is 27.2. The van der Waals surface area contributed by atoms with Crippen molar-refractivity contribution in [3.8, 4) is 11.8 Å². The van der Waals surface area contributed by atoms with E-state index >= 15 is 0 Å². The van der Waals surface area contributed by atoms with Crippen molar-refractivity contribution in [2.45, 2.75) is 33.6 Å². The van der Waals surface area contributed by atoms with Crippen molar-refractivity contribution < 1.29 is 23.8 Å². The van der Waals surface area contributed by atoms with Crippen molar-refractivity contribution in [1.82, 2.24) is 15.3 Å². The number of nitrogens with zero attached hydrogens (tertiary/aromatic N) is 3. The van der Waals surface area contributed by atoms with Crippen LogP contribution in [0.1, 0.15) is 37.1 Å². The molecule has 1 aliphatic rings. The molecule has 1 amide bonds. The maximum absolute atomic E-state index is 14.8. The molecule has 0 fully saturated rings. The lowest BCUT2D eigenvalue weighted by Crippen LogP contribution is -2.29. The summed E-state index contributed by atoms with van der Waals surface area (Å²) in [6.45, 7) is 8.25. The molecule has 0 bridgehead atoms. The molecule has 38 heavy (non-hydrogen) atoms. The highest BCUT2D eigenvalue weighted by molar-refractivity contribution is 6.03. The first kappa shape index (κ1) is 27.1. The number of hydrogen-bond donors (Lipinski definition) is 3. The van der Waals surface area contributed by atoms with Crippen LogP contribution in [0.5, 0.6) is 11.8 Å². The van der Waals surface area contributed by atoms with Crippen molar-refractivity contribution >= 4 is 34.4 Å². The third kappa shape index (κ3) is 5.65. The lowest BCUT2D eigenvalue weighted by Gasteiger charge is -2.23. The number of halogens is 1. The number of aryl methyl sites for hydroxylation is 2. The first-order valence-corrected chi connectivity index (χ1v) is 12.8. The maximum atomic E-state index is 14.8. The molecule has 9 nitrogen and oxygen atoms in total. The van der Waals surface area contributed by atoms with E-state index in [1.54, 1.807) is 18.3 Å². The molecule has 0 radical (unpaired) electrons. The number of benzene rings is 2. The Kier molecular flexibility index (Phi) is 8.62. The molecule has 0 spiro atoms. The summed E-state index contributed by atoms with van der Waals surface area (Å²) in [4.78, 5) is 22.8. The van der Waals surface area contributed by atoms with Crippen LogP contribution in [0.25, 0.3) is 16.5 Å². The Morgan fingerprint density at radius 2 is 2.08 bits per heavy atom. The average Bonchev–Trinajstić information content (AvgIpc) is 2.95. The number of anilines is 2. The van der Waals surface area contributed by atoms with E-state index in [2.05, 4.69) is 27.5 Å². The molecule has 0 aliphatic carbocycles. The number of phenols is 1. The molecule has 10 heteroatoms. The molecule has 2 heterocycles. The van der Waals surface area contributed by atoms with E-state index in [1.165, 1.54) is 24.1 Å². The molecule has 2 aromatic carbocycles. The van der Waals surface area contributed by atoms with Gasteiger partial charge in [-0.15, -0.1) is 0 Å². The van der Waals surface area contributed by atoms with Crippen molar-refractivity contribution in [1.29, 1.82) is 0 Å². The Morgan fingerprint density at radius 1 is 1.26 bits per heavy atom. The van der Waals surface area contributed by atoms with Crippen molar-refractivity contribution in [3.05, 3.63) is 53.1 Å². The first-order valence-electron chi connectivity index (χ1n) is 12.8. The monoisotopic (exact) mass is 523 g/mol. The largest absolute Gasteiger partial charge is 0.508 e. The van der Waals surface area contributed by atoms with Crippen molar-refractivity contribution in [3.63, 3.8) is 0 Å². The second kappa shape index (κ2) is 12.1. The van der Waals surface area contributed by atoms with Gasteiger partial charge in [0.2, 0.25) is 6.41 Å². The molecule has 3 N–H and O–H groups in total. The summed E-state index contributed by atoms with van der Waals surface area (Å²) < 4.78 is 26.4. The number of phenolic OH excluding ortho intramolecular Hbond substituents is 1. The molecular weight excluding hydrogens is 489 g/mol. The van der Waals surface area contributed by atoms with Gasteiger partial charge in [0.15, 0.2) is 0 Å². The third-order valence-electron chi connectivity index (χ3n) is 6.71. The number of aromatic hydroxyl groups is 1. The predicted molar refractivity (Wildman–Crippen MR) is 146 cm³/mol. The van der Waals surface area contributed by atoms with Crippen LogP contribution in [0.15, 0.2) is 30.5 Å². The Bertz CT molecular complexity index is 1350. The standard InChI is InChI=1S/C28H34FN5O4/c1-5-18-13-30-9-10-31-27-25(17(3)32-28(33-27)37-4)24(38-15-18)14-34(16-35)23-12-20(36)11-19-7-8-22(29)21(6-2)26(19)23/h7-8,11-12,14,16,18,30,36H,5-6,9-10,13,15H2,1-4H3,(H,31,32,33)/b24-14+/t18-/m0/s1. The molecular formula is C28H34FN5O4. The van der Waals surface area contributed by atoms with Crippen LogP contribution in [-0.4, -0.2) is 54.8 Å². The number of nitrogens with one attached hydrogen (secondary N) is 2. The molecule has 0 saturated heterocycles. The molecule has 4 rings (SSSR count). The highest BCUT2D eigenvalue weighted by Crippen LogP contribution is 2.37. The third-order valence-corrected chi connectivity index (χ3v) is 6.71. The second-order valence-electron chi connectivity index (χ2n) is 9.18. The fourth-order valence-electron chi connectivity index (χ4n) is 4.65. The fraction of sp³-hybridized carbons (Fsp3) is 0.393. The minimum Gasteiger partial charge on any atom is -0.508 e. The lowest BCUT2D eigenvalue weighted by atomic mass is 9.99. The van der Waals surface area contributed by atoms with Crippen LogP contribution in [0.2, 0.25) is 0 Å². The number of amides is 1. The van der Waals surface area contributed by atoms with Gasteiger partial charge < -0.3 is 25.2 Å². The number of rotatable bonds is 6. The Balaban J connectivity index is 1.94. The zero-order valence-corrected chi connectivity index (χ0v) is 22.2. The number of hydrogen-bond acceptors (Lipinski definition) is 8. The molecule has 1 atom stereocenters. The number of carbonyl (C=O) groups excluding carboxylic acids is 1. The van der Waals surface area contributed by atoms with Gasteiger partial charge in [-0.25, -0.2) is 4.39 Å². The van der Waals surface area contributed by atoms with E-state index in [0.717, 1.165) is 19.5 Å². The quantitative estimate of drug-likeness (QED) is 0.409. The van der Waals surface area contributed by atoms with E-state index < -0.39 is 0 Å². The number of aromatic nitrogens is 2. The van der Waals surface area contributed by atoms with Gasteiger partial charge in [0.1, 0.15) is 23.1 Å². The van der Waals surface area contributed by atoms with Crippen molar-refractivity contribution in [2.75, 3.05) is 43.6 Å². The molecule has 202 valence electrons. The zero-order valence-electron chi connectivity index (χ0n) is 22.2. The molecule has 1 aromatic heterocycles. The van der Waals surface area contributed by atoms with Gasteiger partial charge in [-0.1, -0.05) is 19.9 Å². The molecule has 0 saturated carbocycles. The number of ether oxygens (including phenoxy) is 2. The van der Waals surface area contributed by atoms with Gasteiger partial charge in [-0.3, -0.25) is 9.69 Å². The van der Waals surface area contributed by atoms with Gasteiger partial charge in [0.25, 0.3) is 0 Å². The van der Waals surface area contributed by atoms with E-state index in [1.807, 2.05) is 13.8 Å². The van der Waals surface area contributed by atoms with Crippen molar-refractivity contribution in [2.24, 2.45) is 5.92 Å².